The molecule has 7 nitrogen and oxygen atoms in total. The molecule has 2 aliphatic heterocycles. The van der Waals surface area contributed by atoms with Crippen molar-refractivity contribution >= 4 is 16.7 Å². The van der Waals surface area contributed by atoms with E-state index in [0.717, 1.165) is 35.8 Å². The highest BCUT2D eigenvalue weighted by Gasteiger charge is 2.33. The lowest BCUT2D eigenvalue weighted by Crippen LogP contribution is -2.43. The van der Waals surface area contributed by atoms with Gasteiger partial charge in [0.2, 0.25) is 0 Å². The summed E-state index contributed by atoms with van der Waals surface area (Å²) in [6.45, 7) is 0.714. The number of ether oxygens (including phenoxy) is 2. The summed E-state index contributed by atoms with van der Waals surface area (Å²) in [4.78, 5) is 8.52. The fourth-order valence-electron chi connectivity index (χ4n) is 4.01. The third kappa shape index (κ3) is 3.67. The molecule has 10 heteroatoms. The van der Waals surface area contributed by atoms with E-state index in [1.54, 1.807) is 0 Å². The zero-order valence-corrected chi connectivity index (χ0v) is 16.4. The van der Waals surface area contributed by atoms with Gasteiger partial charge in [-0.25, -0.2) is 4.99 Å². The first-order valence-corrected chi connectivity index (χ1v) is 9.89. The number of hydrogen-bond donors (Lipinski definition) is 2. The van der Waals surface area contributed by atoms with Crippen LogP contribution >= 0.6 is 0 Å². The van der Waals surface area contributed by atoms with Crippen molar-refractivity contribution in [1.82, 2.24) is 14.9 Å². The number of alkyl halides is 3. The Balaban J connectivity index is 1.28. The molecule has 0 spiro atoms. The highest BCUT2D eigenvalue weighted by atomic mass is 19.4. The van der Waals surface area contributed by atoms with Crippen molar-refractivity contribution < 1.29 is 22.6 Å². The largest absolute Gasteiger partial charge is 0.491 e. The van der Waals surface area contributed by atoms with Crippen molar-refractivity contribution in [3.63, 3.8) is 0 Å². The number of rotatable bonds is 4. The molecule has 0 amide bonds. The van der Waals surface area contributed by atoms with E-state index in [9.17, 15) is 13.2 Å². The number of nitrogens with two attached hydrogens (primary N) is 1. The van der Waals surface area contributed by atoms with Gasteiger partial charge in [-0.1, -0.05) is 0 Å². The van der Waals surface area contributed by atoms with Crippen LogP contribution in [0.1, 0.15) is 24.6 Å². The number of pyridine rings is 1. The first-order chi connectivity index (χ1) is 14.9. The SMILES string of the molecule is NC1=c2ccn(C3CCC(COc4ccc5c(C(F)(F)F)ccnc5c4)O3)c2=NCN1. The molecule has 2 atom stereocenters. The second-order valence-corrected chi connectivity index (χ2v) is 7.50. The first-order valence-electron chi connectivity index (χ1n) is 9.89. The van der Waals surface area contributed by atoms with Gasteiger partial charge in [-0.05, 0) is 37.1 Å². The normalized spacial score (nSPS) is 20.9. The minimum absolute atomic E-state index is 0.0474. The lowest BCUT2D eigenvalue weighted by atomic mass is 10.1. The molecule has 3 N–H and O–H groups in total. The molecule has 31 heavy (non-hydrogen) atoms. The van der Waals surface area contributed by atoms with Gasteiger partial charge in [0.05, 0.1) is 22.4 Å². The minimum Gasteiger partial charge on any atom is -0.491 e. The molecule has 2 aromatic heterocycles. The van der Waals surface area contributed by atoms with Crippen molar-refractivity contribution in [3.05, 3.63) is 59.0 Å². The van der Waals surface area contributed by atoms with Gasteiger partial charge in [-0.3, -0.25) is 4.98 Å². The minimum atomic E-state index is -4.43. The predicted molar refractivity (Wildman–Crippen MR) is 106 cm³/mol. The number of benzene rings is 1. The third-order valence-electron chi connectivity index (χ3n) is 5.53. The maximum atomic E-state index is 13.2. The van der Waals surface area contributed by atoms with Crippen molar-refractivity contribution in [2.24, 2.45) is 10.7 Å². The fraction of sp³-hybridized carbons (Fsp3) is 0.333. The van der Waals surface area contributed by atoms with Gasteiger partial charge in [-0.2, -0.15) is 13.2 Å². The molecule has 0 aliphatic carbocycles. The average Bonchev–Trinajstić information content (AvgIpc) is 3.38. The van der Waals surface area contributed by atoms with Crippen LogP contribution < -0.4 is 26.5 Å². The van der Waals surface area contributed by atoms with Crippen molar-refractivity contribution in [2.75, 3.05) is 13.3 Å². The Hall–Kier alpha value is -3.27. The summed E-state index contributed by atoms with van der Waals surface area (Å²) < 4.78 is 53.4. The van der Waals surface area contributed by atoms with Gasteiger partial charge in [-0.15, -0.1) is 0 Å². The Morgan fingerprint density at radius 3 is 2.94 bits per heavy atom. The molecule has 0 radical (unpaired) electrons. The molecule has 0 bridgehead atoms. The topological polar surface area (TPSA) is 86.7 Å². The Labute approximate surface area is 175 Å². The third-order valence-corrected chi connectivity index (χ3v) is 5.53. The van der Waals surface area contributed by atoms with Crippen LogP contribution in [0.15, 0.2) is 47.7 Å². The van der Waals surface area contributed by atoms with Gasteiger partial charge >= 0.3 is 6.18 Å². The van der Waals surface area contributed by atoms with E-state index in [2.05, 4.69) is 15.3 Å². The Morgan fingerprint density at radius 1 is 1.23 bits per heavy atom. The molecule has 2 unspecified atom stereocenters. The molecular formula is C21H20F3N5O2. The molecular weight excluding hydrogens is 411 g/mol. The van der Waals surface area contributed by atoms with Gasteiger partial charge in [0, 0.05) is 23.8 Å². The monoisotopic (exact) mass is 431 g/mol. The lowest BCUT2D eigenvalue weighted by Gasteiger charge is -2.17. The summed E-state index contributed by atoms with van der Waals surface area (Å²) in [5.41, 5.74) is 6.30. The number of fused-ring (bicyclic) bond motifs is 2. The van der Waals surface area contributed by atoms with E-state index in [0.29, 0.717) is 18.2 Å². The number of halogens is 3. The van der Waals surface area contributed by atoms with E-state index in [1.807, 2.05) is 16.8 Å². The van der Waals surface area contributed by atoms with Crippen LogP contribution in [0.25, 0.3) is 16.7 Å². The summed E-state index contributed by atoms with van der Waals surface area (Å²) in [5.74, 6) is 1.05. The highest BCUT2D eigenvalue weighted by molar-refractivity contribution is 5.83. The summed E-state index contributed by atoms with van der Waals surface area (Å²) in [5, 5.41) is 3.90. The molecule has 2 aliphatic rings. The Kier molecular flexibility index (Phi) is 4.73. The van der Waals surface area contributed by atoms with Crippen LogP contribution in [0, 0.1) is 0 Å². The van der Waals surface area contributed by atoms with Crippen molar-refractivity contribution in [1.29, 1.82) is 0 Å². The Morgan fingerprint density at radius 2 is 2.10 bits per heavy atom. The number of aromatic nitrogens is 2. The molecule has 5 rings (SSSR count). The highest BCUT2D eigenvalue weighted by Crippen LogP contribution is 2.35. The van der Waals surface area contributed by atoms with Crippen LogP contribution in [0.4, 0.5) is 13.2 Å². The van der Waals surface area contributed by atoms with E-state index in [1.165, 1.54) is 18.2 Å². The second kappa shape index (κ2) is 7.45. The maximum absolute atomic E-state index is 13.2. The van der Waals surface area contributed by atoms with E-state index >= 15 is 0 Å². The van der Waals surface area contributed by atoms with Crippen LogP contribution in [-0.4, -0.2) is 28.9 Å². The number of nitrogens with one attached hydrogen (secondary N) is 1. The second-order valence-electron chi connectivity index (χ2n) is 7.50. The molecule has 162 valence electrons. The zero-order chi connectivity index (χ0) is 21.6. The zero-order valence-electron chi connectivity index (χ0n) is 16.4. The average molecular weight is 431 g/mol. The van der Waals surface area contributed by atoms with Gasteiger partial charge in [0.15, 0.2) is 0 Å². The summed E-state index contributed by atoms with van der Waals surface area (Å²) >= 11 is 0. The molecule has 1 aromatic carbocycles. The molecule has 1 saturated heterocycles. The van der Waals surface area contributed by atoms with Crippen LogP contribution in [0.5, 0.6) is 5.75 Å². The van der Waals surface area contributed by atoms with Crippen LogP contribution in [0.3, 0.4) is 0 Å². The van der Waals surface area contributed by atoms with Crippen molar-refractivity contribution in [2.45, 2.75) is 31.3 Å². The van der Waals surface area contributed by atoms with E-state index in [4.69, 9.17) is 15.2 Å². The number of hydrogen-bond acceptors (Lipinski definition) is 6. The quantitative estimate of drug-likeness (QED) is 0.660. The summed E-state index contributed by atoms with van der Waals surface area (Å²) in [6.07, 6.45) is -0.0858. The molecule has 0 saturated carbocycles. The predicted octanol–water partition coefficient (Wildman–Crippen LogP) is 2.02. The molecule has 4 heterocycles. The molecule has 3 aromatic rings. The van der Waals surface area contributed by atoms with Gasteiger partial charge < -0.3 is 25.1 Å². The number of nitrogens with zero attached hydrogens (tertiary/aromatic N) is 3. The van der Waals surface area contributed by atoms with E-state index in [-0.39, 0.29) is 29.8 Å². The van der Waals surface area contributed by atoms with Crippen LogP contribution in [-0.2, 0) is 10.9 Å². The van der Waals surface area contributed by atoms with Gasteiger partial charge in [0.1, 0.15) is 36.6 Å². The van der Waals surface area contributed by atoms with Crippen LogP contribution in [0.2, 0.25) is 0 Å². The lowest BCUT2D eigenvalue weighted by molar-refractivity contribution is -0.136. The summed E-state index contributed by atoms with van der Waals surface area (Å²) in [6, 6.07) is 7.32. The van der Waals surface area contributed by atoms with E-state index < -0.39 is 11.7 Å². The first kappa shape index (κ1) is 19.7. The fourth-order valence-corrected chi connectivity index (χ4v) is 4.01. The maximum Gasteiger partial charge on any atom is 0.417 e. The molecule has 1 fully saturated rings. The standard InChI is InChI=1S/C21H20F3N5O2/c22-21(23,24)16-5-7-26-17-9-12(1-3-14(16)17)30-10-13-2-4-18(31-13)29-8-6-15-19(25)27-11-28-20(15)29/h1,3,5-9,13,18,27H,2,4,10-11,25H2. The van der Waals surface area contributed by atoms with Gasteiger partial charge in [0.25, 0.3) is 0 Å². The van der Waals surface area contributed by atoms with Crippen molar-refractivity contribution in [3.8, 4) is 5.75 Å². The summed E-state index contributed by atoms with van der Waals surface area (Å²) in [7, 11) is 0. The Bertz CT molecular complexity index is 1250. The smallest absolute Gasteiger partial charge is 0.417 e.